The Morgan fingerprint density at radius 3 is 2.71 bits per heavy atom. The van der Waals surface area contributed by atoms with Crippen LogP contribution in [0, 0.1) is 0 Å². The molecule has 1 atom stereocenters. The first kappa shape index (κ1) is 14.2. The van der Waals surface area contributed by atoms with Crippen LogP contribution < -0.4 is 5.32 Å². The van der Waals surface area contributed by atoms with Crippen LogP contribution in [0.3, 0.4) is 0 Å². The maximum atomic E-state index is 4.17. The quantitative estimate of drug-likeness (QED) is 0.668. The molecule has 0 fully saturated rings. The zero-order valence-corrected chi connectivity index (χ0v) is 11.6. The van der Waals surface area contributed by atoms with Gasteiger partial charge >= 0.3 is 0 Å². The molecular formula is C14H27N3. The number of aromatic nitrogens is 2. The van der Waals surface area contributed by atoms with Crippen molar-refractivity contribution in [3.05, 3.63) is 18.0 Å². The molecule has 0 amide bonds. The topological polar surface area (TPSA) is 29.9 Å². The van der Waals surface area contributed by atoms with Crippen LogP contribution in [-0.2, 0) is 13.6 Å². The zero-order chi connectivity index (χ0) is 12.5. The molecule has 1 heterocycles. The summed E-state index contributed by atoms with van der Waals surface area (Å²) in [6, 6.07) is 2.67. The lowest BCUT2D eigenvalue weighted by Crippen LogP contribution is -2.26. The van der Waals surface area contributed by atoms with Crippen molar-refractivity contribution in [1.29, 1.82) is 0 Å². The van der Waals surface area contributed by atoms with E-state index in [2.05, 4.69) is 30.3 Å². The summed E-state index contributed by atoms with van der Waals surface area (Å²) in [5.74, 6) is 0. The molecule has 0 saturated heterocycles. The first-order valence-electron chi connectivity index (χ1n) is 6.94. The van der Waals surface area contributed by atoms with Gasteiger partial charge in [0.2, 0.25) is 0 Å². The fraction of sp³-hybridized carbons (Fsp3) is 0.786. The summed E-state index contributed by atoms with van der Waals surface area (Å²) in [6.45, 7) is 5.46. The third-order valence-electron chi connectivity index (χ3n) is 3.29. The van der Waals surface area contributed by atoms with Gasteiger partial charge in [0, 0.05) is 25.8 Å². The van der Waals surface area contributed by atoms with Crippen molar-refractivity contribution in [1.82, 2.24) is 15.1 Å². The molecule has 3 nitrogen and oxygen atoms in total. The summed E-state index contributed by atoms with van der Waals surface area (Å²) in [7, 11) is 1.99. The second kappa shape index (κ2) is 8.29. The molecular weight excluding hydrogens is 210 g/mol. The predicted molar refractivity (Wildman–Crippen MR) is 72.9 cm³/mol. The van der Waals surface area contributed by atoms with Crippen LogP contribution in [0.1, 0.15) is 58.1 Å². The van der Waals surface area contributed by atoms with Crippen LogP contribution in [0.2, 0.25) is 0 Å². The van der Waals surface area contributed by atoms with Gasteiger partial charge in [-0.3, -0.25) is 4.68 Å². The second-order valence-corrected chi connectivity index (χ2v) is 4.93. The number of hydrogen-bond acceptors (Lipinski definition) is 2. The van der Waals surface area contributed by atoms with Gasteiger partial charge in [-0.15, -0.1) is 0 Å². The van der Waals surface area contributed by atoms with E-state index in [4.69, 9.17) is 0 Å². The molecule has 0 saturated carbocycles. The van der Waals surface area contributed by atoms with E-state index in [-0.39, 0.29) is 0 Å². The minimum atomic E-state index is 0.603. The molecule has 0 bridgehead atoms. The monoisotopic (exact) mass is 237 g/mol. The molecule has 0 aliphatic heterocycles. The normalized spacial score (nSPS) is 12.9. The van der Waals surface area contributed by atoms with Gasteiger partial charge in [-0.1, -0.05) is 39.0 Å². The Kier molecular flexibility index (Phi) is 6.94. The van der Waals surface area contributed by atoms with Crippen LogP contribution in [-0.4, -0.2) is 15.8 Å². The van der Waals surface area contributed by atoms with Gasteiger partial charge < -0.3 is 5.32 Å². The van der Waals surface area contributed by atoms with Crippen LogP contribution in [0.5, 0.6) is 0 Å². The number of aryl methyl sites for hydroxylation is 1. The molecule has 1 unspecified atom stereocenters. The van der Waals surface area contributed by atoms with Gasteiger partial charge in [-0.25, -0.2) is 0 Å². The van der Waals surface area contributed by atoms with E-state index in [1.165, 1.54) is 44.2 Å². The van der Waals surface area contributed by atoms with Crippen molar-refractivity contribution < 1.29 is 0 Å². The highest BCUT2D eigenvalue weighted by atomic mass is 15.3. The van der Waals surface area contributed by atoms with Gasteiger partial charge in [0.1, 0.15) is 0 Å². The molecule has 0 radical (unpaired) electrons. The van der Waals surface area contributed by atoms with E-state index >= 15 is 0 Å². The van der Waals surface area contributed by atoms with Gasteiger partial charge in [-0.05, 0) is 19.4 Å². The molecule has 1 aromatic heterocycles. The lowest BCUT2D eigenvalue weighted by atomic mass is 10.1. The first-order valence-corrected chi connectivity index (χ1v) is 6.94. The van der Waals surface area contributed by atoms with Crippen molar-refractivity contribution in [2.75, 3.05) is 0 Å². The maximum absolute atomic E-state index is 4.17. The third kappa shape index (κ3) is 5.87. The third-order valence-corrected chi connectivity index (χ3v) is 3.29. The second-order valence-electron chi connectivity index (χ2n) is 4.93. The Bertz CT molecular complexity index is 293. The van der Waals surface area contributed by atoms with Crippen molar-refractivity contribution in [2.24, 2.45) is 7.05 Å². The molecule has 1 rings (SSSR count). The number of unbranched alkanes of at least 4 members (excludes halogenated alkanes) is 4. The number of hydrogen-bond donors (Lipinski definition) is 1. The Balaban J connectivity index is 2.05. The van der Waals surface area contributed by atoms with Crippen LogP contribution in [0.25, 0.3) is 0 Å². The summed E-state index contributed by atoms with van der Waals surface area (Å²) in [4.78, 5) is 0. The minimum absolute atomic E-state index is 0.603. The van der Waals surface area contributed by atoms with E-state index < -0.39 is 0 Å². The summed E-state index contributed by atoms with van der Waals surface area (Å²) in [5, 5.41) is 7.72. The zero-order valence-electron chi connectivity index (χ0n) is 11.6. The van der Waals surface area contributed by atoms with E-state index in [1.54, 1.807) is 0 Å². The molecule has 1 N–H and O–H groups in total. The van der Waals surface area contributed by atoms with E-state index in [9.17, 15) is 0 Å². The Morgan fingerprint density at radius 1 is 1.29 bits per heavy atom. The Morgan fingerprint density at radius 2 is 2.06 bits per heavy atom. The van der Waals surface area contributed by atoms with Crippen molar-refractivity contribution >= 4 is 0 Å². The lowest BCUT2D eigenvalue weighted by Gasteiger charge is -2.13. The smallest absolute Gasteiger partial charge is 0.0518 e. The standard InChI is InChI=1S/C14H27N3/c1-4-5-6-7-8-9-13(2)15-12-14-10-11-16-17(14)3/h10-11,13,15H,4-9,12H2,1-3H3. The Hall–Kier alpha value is -0.830. The molecule has 98 valence electrons. The predicted octanol–water partition coefficient (Wildman–Crippen LogP) is 3.26. The summed E-state index contributed by atoms with van der Waals surface area (Å²) in [6.07, 6.45) is 9.97. The maximum Gasteiger partial charge on any atom is 0.0518 e. The highest BCUT2D eigenvalue weighted by Crippen LogP contribution is 2.07. The fourth-order valence-corrected chi connectivity index (χ4v) is 2.01. The molecule has 0 aliphatic carbocycles. The lowest BCUT2D eigenvalue weighted by molar-refractivity contribution is 0.471. The van der Waals surface area contributed by atoms with E-state index in [0.29, 0.717) is 6.04 Å². The summed E-state index contributed by atoms with van der Waals surface area (Å²) in [5.41, 5.74) is 1.25. The van der Waals surface area contributed by atoms with Crippen LogP contribution in [0.4, 0.5) is 0 Å². The largest absolute Gasteiger partial charge is 0.309 e. The van der Waals surface area contributed by atoms with E-state index in [1.807, 2.05) is 17.9 Å². The molecule has 0 aliphatic rings. The van der Waals surface area contributed by atoms with Crippen molar-refractivity contribution in [3.63, 3.8) is 0 Å². The molecule has 1 aromatic rings. The average molecular weight is 237 g/mol. The van der Waals surface area contributed by atoms with Gasteiger partial charge in [0.15, 0.2) is 0 Å². The SMILES string of the molecule is CCCCCCCC(C)NCc1ccnn1C. The average Bonchev–Trinajstić information content (AvgIpc) is 2.72. The first-order chi connectivity index (χ1) is 8.24. The highest BCUT2D eigenvalue weighted by Gasteiger charge is 2.03. The number of rotatable bonds is 9. The Labute approximate surface area is 106 Å². The minimum Gasteiger partial charge on any atom is -0.309 e. The molecule has 17 heavy (non-hydrogen) atoms. The summed E-state index contributed by atoms with van der Waals surface area (Å²) >= 11 is 0. The molecule has 3 heteroatoms. The molecule has 0 aromatic carbocycles. The van der Waals surface area contributed by atoms with Crippen LogP contribution >= 0.6 is 0 Å². The van der Waals surface area contributed by atoms with Gasteiger partial charge in [0.25, 0.3) is 0 Å². The highest BCUT2D eigenvalue weighted by molar-refractivity contribution is 4.99. The molecule has 0 spiro atoms. The van der Waals surface area contributed by atoms with Crippen molar-refractivity contribution in [2.45, 2.75) is 65.0 Å². The number of nitrogens with one attached hydrogen (secondary N) is 1. The fourth-order valence-electron chi connectivity index (χ4n) is 2.01. The summed E-state index contributed by atoms with van der Waals surface area (Å²) < 4.78 is 1.93. The number of nitrogens with zero attached hydrogens (tertiary/aromatic N) is 2. The van der Waals surface area contributed by atoms with Crippen molar-refractivity contribution in [3.8, 4) is 0 Å². The van der Waals surface area contributed by atoms with Gasteiger partial charge in [0.05, 0.1) is 5.69 Å². The van der Waals surface area contributed by atoms with Gasteiger partial charge in [-0.2, -0.15) is 5.10 Å². The van der Waals surface area contributed by atoms with Crippen LogP contribution in [0.15, 0.2) is 12.3 Å². The van der Waals surface area contributed by atoms with E-state index in [0.717, 1.165) is 6.54 Å².